The molecule has 0 atom stereocenters. The molecule has 0 spiro atoms. The number of hydrogen-bond donors (Lipinski definition) is 2. The molecule has 5 rings (SSSR count). The van der Waals surface area contributed by atoms with Crippen LogP contribution in [-0.4, -0.2) is 40.4 Å². The van der Waals surface area contributed by atoms with Crippen molar-refractivity contribution in [2.24, 2.45) is 7.05 Å². The highest BCUT2D eigenvalue weighted by Crippen LogP contribution is 2.23. The lowest BCUT2D eigenvalue weighted by Crippen LogP contribution is -3.00. The fourth-order valence-electron chi connectivity index (χ4n) is 2.79. The van der Waals surface area contributed by atoms with Crippen LogP contribution >= 0.6 is 0 Å². The minimum absolute atomic E-state index is 0. The molecule has 0 saturated heterocycles. The molecular weight excluding hydrogens is 398 g/mol. The van der Waals surface area contributed by atoms with Gasteiger partial charge in [0.25, 0.3) is 0 Å². The maximum atomic E-state index is 12.4. The van der Waals surface area contributed by atoms with E-state index in [2.05, 4.69) is 35.8 Å². The first kappa shape index (κ1) is 18.4. The predicted octanol–water partition coefficient (Wildman–Crippen LogP) is -0.686. The van der Waals surface area contributed by atoms with E-state index in [1.165, 1.54) is 10.7 Å². The minimum atomic E-state index is -0.493. The van der Waals surface area contributed by atoms with E-state index in [0.29, 0.717) is 34.0 Å². The summed E-state index contributed by atoms with van der Waals surface area (Å²) in [5.74, 6) is 1.05. The lowest BCUT2D eigenvalue weighted by atomic mass is 10.4. The van der Waals surface area contributed by atoms with Gasteiger partial charge in [0.1, 0.15) is 0 Å². The Bertz CT molecular complexity index is 1300. The maximum Gasteiger partial charge on any atom is 0.326 e. The van der Waals surface area contributed by atoms with E-state index in [0.717, 1.165) is 0 Å². The van der Waals surface area contributed by atoms with Gasteiger partial charge in [0, 0.05) is 19.4 Å². The van der Waals surface area contributed by atoms with Crippen LogP contribution in [0.2, 0.25) is 0 Å². The van der Waals surface area contributed by atoms with Crippen LogP contribution in [0, 0.1) is 0 Å². The molecule has 0 unspecified atom stereocenters. The van der Waals surface area contributed by atoms with Crippen molar-refractivity contribution >= 4 is 34.3 Å². The molecule has 0 aliphatic rings. The fraction of sp³-hybridized carbons (Fsp3) is 0.0588. The Balaban J connectivity index is 0.00000205. The monoisotopic (exact) mass is 410 g/mol. The molecule has 146 valence electrons. The van der Waals surface area contributed by atoms with Gasteiger partial charge in [-0.25, -0.2) is 9.78 Å². The van der Waals surface area contributed by atoms with E-state index >= 15 is 0 Å². The molecule has 0 aliphatic heterocycles. The molecule has 5 aromatic rings. The number of fused-ring (bicyclic) bond motifs is 3. The van der Waals surface area contributed by atoms with Crippen LogP contribution < -0.4 is 23.0 Å². The highest BCUT2D eigenvalue weighted by Gasteiger charge is 2.19. The number of carbonyl (C=O) groups excluding carboxylic acids is 1. The lowest BCUT2D eigenvalue weighted by Gasteiger charge is -2.07. The van der Waals surface area contributed by atoms with Gasteiger partial charge in [0.2, 0.25) is 11.8 Å². The van der Waals surface area contributed by atoms with E-state index in [1.807, 2.05) is 0 Å². The third kappa shape index (κ3) is 3.34. The number of halogens is 1. The van der Waals surface area contributed by atoms with Crippen LogP contribution in [0.3, 0.4) is 0 Å². The van der Waals surface area contributed by atoms with Crippen LogP contribution in [0.1, 0.15) is 0 Å². The van der Waals surface area contributed by atoms with E-state index in [9.17, 15) is 4.79 Å². The standard InChI is InChI=1S/C17H13N9O2.ClH/c1-25-9-11-13(23-25)21-16(22-17(27)19-10-4-2-6-18-8-10)26-15(11)20-14(24-26)12-5-3-7-28-12;/h2-9H,1H3,(H2,19,21,22,23,27);1H/p-1. The predicted molar refractivity (Wildman–Crippen MR) is 99.6 cm³/mol. The first-order valence-corrected chi connectivity index (χ1v) is 8.29. The number of hydrogen-bond acceptors (Lipinski definition) is 7. The van der Waals surface area contributed by atoms with Gasteiger partial charge in [-0.05, 0) is 24.3 Å². The van der Waals surface area contributed by atoms with Gasteiger partial charge in [-0.3, -0.25) is 15.0 Å². The van der Waals surface area contributed by atoms with Gasteiger partial charge in [-0.15, -0.1) is 5.10 Å². The fourth-order valence-corrected chi connectivity index (χ4v) is 2.79. The molecule has 0 radical (unpaired) electrons. The van der Waals surface area contributed by atoms with Crippen LogP contribution in [0.4, 0.5) is 16.4 Å². The second-order valence-corrected chi connectivity index (χ2v) is 5.94. The van der Waals surface area contributed by atoms with Crippen molar-refractivity contribution in [1.82, 2.24) is 34.3 Å². The number of carbonyl (C=O) groups is 1. The summed E-state index contributed by atoms with van der Waals surface area (Å²) in [5, 5.41) is 14.8. The Kier molecular flexibility index (Phi) is 4.56. The smallest absolute Gasteiger partial charge is 0.326 e. The Labute approximate surface area is 169 Å². The number of nitrogens with one attached hydrogen (secondary N) is 2. The molecule has 2 amide bonds. The van der Waals surface area contributed by atoms with Gasteiger partial charge in [0.05, 0.1) is 23.5 Å². The van der Waals surface area contributed by atoms with E-state index in [-0.39, 0.29) is 18.4 Å². The summed E-state index contributed by atoms with van der Waals surface area (Å²) >= 11 is 0. The SMILES string of the molecule is Cn1cc2c(nc(NC(=O)Nc3cccnc3)n3nc(-c4ccco4)nc23)n1.[Cl-]. The zero-order valence-electron chi connectivity index (χ0n) is 14.9. The average molecular weight is 411 g/mol. The minimum Gasteiger partial charge on any atom is -1.00 e. The largest absolute Gasteiger partial charge is 1.00 e. The molecular formula is C17H13ClN9O2-. The van der Waals surface area contributed by atoms with Gasteiger partial charge < -0.3 is 22.1 Å². The third-order valence-electron chi connectivity index (χ3n) is 3.96. The Morgan fingerprint density at radius 1 is 1.14 bits per heavy atom. The van der Waals surface area contributed by atoms with Crippen molar-refractivity contribution in [3.8, 4) is 11.6 Å². The summed E-state index contributed by atoms with van der Waals surface area (Å²) in [6.07, 6.45) is 6.49. The van der Waals surface area contributed by atoms with Gasteiger partial charge in [0.15, 0.2) is 17.1 Å². The summed E-state index contributed by atoms with van der Waals surface area (Å²) in [7, 11) is 1.78. The van der Waals surface area contributed by atoms with E-state index in [4.69, 9.17) is 4.42 Å². The quantitative estimate of drug-likeness (QED) is 0.403. The number of anilines is 2. The van der Waals surface area contributed by atoms with Crippen LogP contribution in [-0.2, 0) is 7.05 Å². The molecule has 0 bridgehead atoms. The molecule has 5 aromatic heterocycles. The molecule has 2 N–H and O–H groups in total. The lowest BCUT2D eigenvalue weighted by molar-refractivity contribution is -0.00000938. The van der Waals surface area contributed by atoms with Crippen molar-refractivity contribution in [2.45, 2.75) is 0 Å². The van der Waals surface area contributed by atoms with E-state index < -0.39 is 6.03 Å². The highest BCUT2D eigenvalue weighted by molar-refractivity contribution is 6.00. The summed E-state index contributed by atoms with van der Waals surface area (Å²) in [6, 6.07) is 6.46. The number of aromatic nitrogens is 7. The number of urea groups is 1. The zero-order chi connectivity index (χ0) is 19.1. The molecule has 0 fully saturated rings. The molecule has 11 nitrogen and oxygen atoms in total. The number of nitrogens with zero attached hydrogens (tertiary/aromatic N) is 7. The van der Waals surface area contributed by atoms with Crippen LogP contribution in [0.5, 0.6) is 0 Å². The second-order valence-electron chi connectivity index (χ2n) is 5.94. The summed E-state index contributed by atoms with van der Waals surface area (Å²) < 4.78 is 8.45. The van der Waals surface area contributed by atoms with E-state index in [1.54, 1.807) is 54.7 Å². The number of furan rings is 1. The molecule has 29 heavy (non-hydrogen) atoms. The highest BCUT2D eigenvalue weighted by atomic mass is 35.5. The van der Waals surface area contributed by atoms with Crippen molar-refractivity contribution in [2.75, 3.05) is 10.6 Å². The summed E-state index contributed by atoms with van der Waals surface area (Å²) in [5.41, 5.74) is 1.48. The summed E-state index contributed by atoms with van der Waals surface area (Å²) in [6.45, 7) is 0. The maximum absolute atomic E-state index is 12.4. The molecule has 12 heteroatoms. The average Bonchev–Trinajstić information content (AvgIpc) is 3.40. The first-order chi connectivity index (χ1) is 13.7. The molecule has 0 aliphatic carbocycles. The van der Waals surface area contributed by atoms with Crippen LogP contribution in [0.25, 0.3) is 28.3 Å². The van der Waals surface area contributed by atoms with Crippen molar-refractivity contribution in [1.29, 1.82) is 0 Å². The van der Waals surface area contributed by atoms with Crippen LogP contribution in [0.15, 0.2) is 53.5 Å². The molecule has 5 heterocycles. The Morgan fingerprint density at radius 3 is 2.79 bits per heavy atom. The number of amides is 2. The van der Waals surface area contributed by atoms with Gasteiger partial charge in [-0.2, -0.15) is 14.6 Å². The number of aryl methyl sites for hydroxylation is 1. The normalized spacial score (nSPS) is 10.8. The van der Waals surface area contributed by atoms with Gasteiger partial charge in [-0.1, -0.05) is 0 Å². The second kappa shape index (κ2) is 7.20. The third-order valence-corrected chi connectivity index (χ3v) is 3.96. The first-order valence-electron chi connectivity index (χ1n) is 8.29. The zero-order valence-corrected chi connectivity index (χ0v) is 15.7. The number of rotatable bonds is 3. The topological polar surface area (TPSA) is 128 Å². The van der Waals surface area contributed by atoms with Gasteiger partial charge >= 0.3 is 6.03 Å². The molecule has 0 saturated carbocycles. The van der Waals surface area contributed by atoms with Crippen molar-refractivity contribution < 1.29 is 21.6 Å². The number of pyridine rings is 1. The Hall–Kier alpha value is -3.99. The Morgan fingerprint density at radius 2 is 2.03 bits per heavy atom. The summed E-state index contributed by atoms with van der Waals surface area (Å²) in [4.78, 5) is 25.3. The molecule has 0 aromatic carbocycles. The van der Waals surface area contributed by atoms with Crippen molar-refractivity contribution in [3.05, 3.63) is 49.1 Å². The van der Waals surface area contributed by atoms with Crippen molar-refractivity contribution in [3.63, 3.8) is 0 Å².